The number of halogens is 2. The number of benzene rings is 1. The van der Waals surface area contributed by atoms with Crippen molar-refractivity contribution in [3.63, 3.8) is 0 Å². The van der Waals surface area contributed by atoms with E-state index in [1.165, 1.54) is 6.07 Å². The molecule has 2 rings (SSSR count). The van der Waals surface area contributed by atoms with E-state index >= 15 is 0 Å². The van der Waals surface area contributed by atoms with Crippen LogP contribution in [0.3, 0.4) is 0 Å². The van der Waals surface area contributed by atoms with Crippen LogP contribution in [-0.4, -0.2) is 18.3 Å². The van der Waals surface area contributed by atoms with Crippen LogP contribution in [0.1, 0.15) is 33.3 Å². The molecular formula is C14H17BF2O2. The van der Waals surface area contributed by atoms with Crippen LogP contribution in [0.4, 0.5) is 8.78 Å². The van der Waals surface area contributed by atoms with Gasteiger partial charge in [-0.1, -0.05) is 18.1 Å². The van der Waals surface area contributed by atoms with Gasteiger partial charge in [-0.15, -0.1) is 0 Å². The van der Waals surface area contributed by atoms with Crippen molar-refractivity contribution in [2.75, 3.05) is 0 Å². The van der Waals surface area contributed by atoms with Crippen molar-refractivity contribution in [2.45, 2.75) is 38.9 Å². The largest absolute Gasteiger partial charge is 0.487 e. The van der Waals surface area contributed by atoms with Crippen molar-refractivity contribution in [2.24, 2.45) is 0 Å². The smallest absolute Gasteiger partial charge is 0.400 e. The molecule has 0 bridgehead atoms. The van der Waals surface area contributed by atoms with Gasteiger partial charge >= 0.3 is 7.12 Å². The molecule has 0 amide bonds. The first-order chi connectivity index (χ1) is 8.71. The summed E-state index contributed by atoms with van der Waals surface area (Å²) in [5.74, 6) is -0.0211. The Hall–Kier alpha value is -1.20. The van der Waals surface area contributed by atoms with E-state index in [1.54, 1.807) is 12.1 Å². The fourth-order valence-corrected chi connectivity index (χ4v) is 1.77. The molecule has 1 saturated heterocycles. The van der Waals surface area contributed by atoms with Crippen LogP contribution >= 0.6 is 0 Å². The van der Waals surface area contributed by atoms with Crippen molar-refractivity contribution in [1.82, 2.24) is 0 Å². The van der Waals surface area contributed by atoms with Crippen LogP contribution in [0.2, 0.25) is 0 Å². The molecular weight excluding hydrogens is 249 g/mol. The van der Waals surface area contributed by atoms with Crippen molar-refractivity contribution >= 4 is 13.2 Å². The first-order valence-corrected chi connectivity index (χ1v) is 6.20. The molecule has 1 aromatic rings. The predicted molar refractivity (Wildman–Crippen MR) is 71.5 cm³/mol. The average molecular weight is 266 g/mol. The van der Waals surface area contributed by atoms with Gasteiger partial charge < -0.3 is 9.31 Å². The molecule has 0 radical (unpaired) electrons. The Morgan fingerprint density at radius 1 is 1.00 bits per heavy atom. The number of rotatable bonds is 2. The van der Waals surface area contributed by atoms with Crippen molar-refractivity contribution in [3.05, 3.63) is 41.4 Å². The molecule has 0 spiro atoms. The first kappa shape index (κ1) is 14.2. The summed E-state index contributed by atoms with van der Waals surface area (Å²) in [5.41, 5.74) is -0.250. The average Bonchev–Trinajstić information content (AvgIpc) is 2.49. The molecule has 0 N–H and O–H groups in total. The molecule has 1 fully saturated rings. The van der Waals surface area contributed by atoms with Crippen LogP contribution in [0.5, 0.6) is 0 Å². The summed E-state index contributed by atoms with van der Waals surface area (Å²) in [6.45, 7) is 7.83. The van der Waals surface area contributed by atoms with Gasteiger partial charge in [0.15, 0.2) is 11.6 Å². The predicted octanol–water partition coefficient (Wildman–Crippen LogP) is 3.61. The zero-order chi connectivity index (χ0) is 14.3. The second-order valence-electron chi connectivity index (χ2n) is 5.66. The van der Waals surface area contributed by atoms with Crippen LogP contribution in [0, 0.1) is 11.6 Å². The summed E-state index contributed by atoms with van der Waals surface area (Å²) in [6, 6.07) is 3.73. The zero-order valence-corrected chi connectivity index (χ0v) is 11.5. The molecule has 0 atom stereocenters. The van der Waals surface area contributed by atoms with Gasteiger partial charge in [-0.3, -0.25) is 0 Å². The molecule has 1 aliphatic rings. The lowest BCUT2D eigenvalue weighted by molar-refractivity contribution is 0.00578. The fourth-order valence-electron chi connectivity index (χ4n) is 1.77. The lowest BCUT2D eigenvalue weighted by Gasteiger charge is -2.32. The highest BCUT2D eigenvalue weighted by molar-refractivity contribution is 6.52. The Bertz CT molecular complexity index is 496. The normalized spacial score (nSPS) is 21.3. The van der Waals surface area contributed by atoms with E-state index in [9.17, 15) is 8.78 Å². The molecule has 0 unspecified atom stereocenters. The van der Waals surface area contributed by atoms with Crippen LogP contribution < -0.4 is 0 Å². The van der Waals surface area contributed by atoms with Gasteiger partial charge in [0, 0.05) is 0 Å². The summed E-state index contributed by atoms with van der Waals surface area (Å²) in [6.07, 6.45) is 1.66. The van der Waals surface area contributed by atoms with Crippen LogP contribution in [-0.2, 0) is 9.31 Å². The molecule has 1 aromatic carbocycles. The minimum atomic E-state index is -0.865. The van der Waals surface area contributed by atoms with Crippen LogP contribution in [0.25, 0.3) is 6.08 Å². The minimum absolute atomic E-state index is 0.407. The van der Waals surface area contributed by atoms with Gasteiger partial charge in [0.2, 0.25) is 0 Å². The lowest BCUT2D eigenvalue weighted by atomic mass is 9.89. The monoisotopic (exact) mass is 266 g/mol. The lowest BCUT2D eigenvalue weighted by Crippen LogP contribution is -2.41. The molecule has 1 heterocycles. The summed E-state index contributed by atoms with van der Waals surface area (Å²) >= 11 is 0. The number of hydrogen-bond donors (Lipinski definition) is 0. The van der Waals surface area contributed by atoms with Crippen molar-refractivity contribution < 1.29 is 18.1 Å². The Kier molecular flexibility index (Phi) is 3.54. The van der Waals surface area contributed by atoms with E-state index < -0.39 is 30.0 Å². The molecule has 5 heteroatoms. The third-order valence-electron chi connectivity index (χ3n) is 3.66. The van der Waals surface area contributed by atoms with Crippen molar-refractivity contribution in [3.8, 4) is 0 Å². The summed E-state index contributed by atoms with van der Waals surface area (Å²) in [5, 5.41) is 0. The van der Waals surface area contributed by atoms with Gasteiger partial charge in [0.05, 0.1) is 11.2 Å². The SMILES string of the molecule is CC1(C)OB(C=Cc2ccc(F)c(F)c2)OC1(C)C. The Balaban J connectivity index is 2.10. The highest BCUT2D eigenvalue weighted by atomic mass is 19.2. The molecule has 102 valence electrons. The molecule has 19 heavy (non-hydrogen) atoms. The van der Waals surface area contributed by atoms with E-state index in [1.807, 2.05) is 27.7 Å². The molecule has 0 aromatic heterocycles. The minimum Gasteiger partial charge on any atom is -0.400 e. The van der Waals surface area contributed by atoms with E-state index in [4.69, 9.17) is 9.31 Å². The maximum absolute atomic E-state index is 13.1. The first-order valence-electron chi connectivity index (χ1n) is 6.20. The maximum atomic E-state index is 13.1. The fraction of sp³-hybridized carbons (Fsp3) is 0.429. The second kappa shape index (κ2) is 4.73. The Morgan fingerprint density at radius 2 is 1.58 bits per heavy atom. The van der Waals surface area contributed by atoms with Gasteiger partial charge in [0.25, 0.3) is 0 Å². The zero-order valence-electron chi connectivity index (χ0n) is 11.5. The van der Waals surface area contributed by atoms with Gasteiger partial charge in [-0.2, -0.15) is 0 Å². The third kappa shape index (κ3) is 2.87. The quantitative estimate of drug-likeness (QED) is 0.761. The number of hydrogen-bond acceptors (Lipinski definition) is 2. The van der Waals surface area contributed by atoms with Gasteiger partial charge in [0.1, 0.15) is 0 Å². The summed E-state index contributed by atoms with van der Waals surface area (Å²) in [7, 11) is -0.488. The molecule has 0 saturated carbocycles. The highest BCUT2D eigenvalue weighted by Gasteiger charge is 2.49. The Morgan fingerprint density at radius 3 is 2.11 bits per heavy atom. The second-order valence-corrected chi connectivity index (χ2v) is 5.66. The maximum Gasteiger partial charge on any atom is 0.487 e. The van der Waals surface area contributed by atoms with E-state index in [2.05, 4.69) is 0 Å². The summed E-state index contributed by atoms with van der Waals surface area (Å²) in [4.78, 5) is 0. The third-order valence-corrected chi connectivity index (χ3v) is 3.66. The van der Waals surface area contributed by atoms with E-state index in [0.717, 1.165) is 12.1 Å². The molecule has 0 aliphatic carbocycles. The van der Waals surface area contributed by atoms with Gasteiger partial charge in [-0.05, 0) is 45.4 Å². The summed E-state index contributed by atoms with van der Waals surface area (Å²) < 4.78 is 37.4. The molecule has 1 aliphatic heterocycles. The molecule has 2 nitrogen and oxygen atoms in total. The topological polar surface area (TPSA) is 18.5 Å². The standard InChI is InChI=1S/C14H17BF2O2/c1-13(2)14(3,4)19-15(18-13)8-7-10-5-6-11(16)12(17)9-10/h5-9H,1-4H3. The van der Waals surface area contributed by atoms with Crippen molar-refractivity contribution in [1.29, 1.82) is 0 Å². The van der Waals surface area contributed by atoms with Gasteiger partial charge in [-0.25, -0.2) is 8.78 Å². The highest BCUT2D eigenvalue weighted by Crippen LogP contribution is 2.37. The van der Waals surface area contributed by atoms with E-state index in [-0.39, 0.29) is 0 Å². The van der Waals surface area contributed by atoms with E-state index in [0.29, 0.717) is 5.56 Å². The Labute approximate surface area is 112 Å². The van der Waals surface area contributed by atoms with Crippen LogP contribution in [0.15, 0.2) is 24.2 Å².